The summed E-state index contributed by atoms with van der Waals surface area (Å²) in [5.74, 6) is -0.162. The second kappa shape index (κ2) is 6.42. The maximum Gasteiger partial charge on any atom is 0.354 e. The Bertz CT molecular complexity index is 581. The Hall–Kier alpha value is -1.33. The van der Waals surface area contributed by atoms with Crippen LogP contribution in [0.4, 0.5) is 5.95 Å². The molecule has 0 radical (unpaired) electrons. The molecule has 4 N–H and O–H groups in total. The van der Waals surface area contributed by atoms with Crippen molar-refractivity contribution in [3.05, 3.63) is 16.8 Å². The lowest BCUT2D eigenvalue weighted by Gasteiger charge is -2.24. The fourth-order valence-corrected chi connectivity index (χ4v) is 2.86. The lowest BCUT2D eigenvalue weighted by Crippen LogP contribution is -2.39. The van der Waals surface area contributed by atoms with Gasteiger partial charge in [-0.15, -0.1) is 0 Å². The first-order chi connectivity index (χ1) is 10.2. The van der Waals surface area contributed by atoms with Gasteiger partial charge in [0.1, 0.15) is 24.6 Å². The van der Waals surface area contributed by atoms with Crippen LogP contribution >= 0.6 is 0 Å². The summed E-state index contributed by atoms with van der Waals surface area (Å²) in [6.07, 6.45) is -3.08. The van der Waals surface area contributed by atoms with Crippen molar-refractivity contribution in [2.75, 3.05) is 12.3 Å². The van der Waals surface area contributed by atoms with E-state index < -0.39 is 38.5 Å². The van der Waals surface area contributed by atoms with Gasteiger partial charge in [-0.3, -0.25) is 4.57 Å². The van der Waals surface area contributed by atoms with Gasteiger partial charge >= 0.3 is 5.69 Å². The van der Waals surface area contributed by atoms with Crippen LogP contribution < -0.4 is 11.4 Å². The fraction of sp³-hybridized carbons (Fsp3) is 0.750. The number of nitrogen functional groups attached to an aromatic ring is 1. The first kappa shape index (κ1) is 17.0. The van der Waals surface area contributed by atoms with Crippen LogP contribution in [0.3, 0.4) is 0 Å². The summed E-state index contributed by atoms with van der Waals surface area (Å²) in [6, 6.07) is 0.924. The average Bonchev–Trinajstić information content (AvgIpc) is 2.73. The monoisotopic (exact) mass is 330 g/mol. The molecule has 2 rings (SSSR count). The van der Waals surface area contributed by atoms with E-state index in [4.69, 9.17) is 14.9 Å². The molecule has 0 bridgehead atoms. The molecular formula is C12H22N4O5Si. The maximum absolute atomic E-state index is 11.8. The number of aromatic nitrogens is 3. The third kappa shape index (κ3) is 3.52. The third-order valence-corrected chi connectivity index (χ3v) is 6.50. The van der Waals surface area contributed by atoms with E-state index in [0.29, 0.717) is 0 Å². The minimum atomic E-state index is -1.80. The second-order valence-electron chi connectivity index (χ2n) is 5.87. The van der Waals surface area contributed by atoms with E-state index in [2.05, 4.69) is 23.1 Å². The average molecular weight is 330 g/mol. The molecule has 124 valence electrons. The lowest BCUT2D eigenvalue weighted by atomic mass is 10.1. The van der Waals surface area contributed by atoms with E-state index in [1.807, 2.05) is 6.92 Å². The Balaban J connectivity index is 2.11. The SMILES string of the molecule is CC[Si](C)(C)OC[C@H]1O[C@@H](n2cnc(N)nc2=O)[C@H](O)[C@@H]1O. The molecule has 22 heavy (non-hydrogen) atoms. The number of nitrogens with zero attached hydrogens (tertiary/aromatic N) is 3. The Kier molecular flexibility index (Phi) is 4.97. The largest absolute Gasteiger partial charge is 0.415 e. The zero-order valence-corrected chi connectivity index (χ0v) is 13.8. The quantitative estimate of drug-likeness (QED) is 0.591. The van der Waals surface area contributed by atoms with Crippen molar-refractivity contribution >= 4 is 14.3 Å². The smallest absolute Gasteiger partial charge is 0.354 e. The van der Waals surface area contributed by atoms with Gasteiger partial charge in [-0.25, -0.2) is 9.78 Å². The summed E-state index contributed by atoms with van der Waals surface area (Å²) in [5.41, 5.74) is 4.62. The standard InChI is InChI=1S/C12H22N4O5Si/c1-4-22(2,3)20-5-7-8(17)9(18)10(21-7)16-6-14-11(13)15-12(16)19/h6-10,17-18H,4-5H2,1-3H3,(H2,13,15,19)/t7-,8-,9-,10-/m1/s1. The molecule has 10 heteroatoms. The molecular weight excluding hydrogens is 308 g/mol. The van der Waals surface area contributed by atoms with Gasteiger partial charge < -0.3 is 25.1 Å². The number of anilines is 1. The highest BCUT2D eigenvalue weighted by Gasteiger charge is 2.44. The highest BCUT2D eigenvalue weighted by Crippen LogP contribution is 2.29. The highest BCUT2D eigenvalue weighted by molar-refractivity contribution is 6.71. The number of aliphatic hydroxyl groups is 2. The van der Waals surface area contributed by atoms with Crippen LogP contribution in [0.5, 0.6) is 0 Å². The van der Waals surface area contributed by atoms with Crippen LogP contribution in [0, 0.1) is 0 Å². The number of hydrogen-bond donors (Lipinski definition) is 3. The van der Waals surface area contributed by atoms with E-state index in [9.17, 15) is 15.0 Å². The van der Waals surface area contributed by atoms with Crippen molar-refractivity contribution in [1.82, 2.24) is 14.5 Å². The topological polar surface area (TPSA) is 133 Å². The molecule has 0 aromatic carbocycles. The Morgan fingerprint density at radius 1 is 1.45 bits per heavy atom. The van der Waals surface area contributed by atoms with Crippen LogP contribution in [-0.2, 0) is 9.16 Å². The first-order valence-corrected chi connectivity index (χ1v) is 10.2. The van der Waals surface area contributed by atoms with E-state index >= 15 is 0 Å². The van der Waals surface area contributed by atoms with Gasteiger partial charge in [-0.1, -0.05) is 6.92 Å². The van der Waals surface area contributed by atoms with Gasteiger partial charge in [-0.05, 0) is 19.1 Å². The number of nitrogens with two attached hydrogens (primary N) is 1. The van der Waals surface area contributed by atoms with E-state index in [0.717, 1.165) is 16.9 Å². The van der Waals surface area contributed by atoms with Gasteiger partial charge in [-0.2, -0.15) is 4.98 Å². The molecule has 1 aliphatic heterocycles. The molecule has 0 saturated carbocycles. The van der Waals surface area contributed by atoms with E-state index in [1.54, 1.807) is 0 Å². The van der Waals surface area contributed by atoms with Gasteiger partial charge in [0.25, 0.3) is 0 Å². The van der Waals surface area contributed by atoms with Crippen LogP contribution in [0.15, 0.2) is 11.1 Å². The van der Waals surface area contributed by atoms with Crippen molar-refractivity contribution in [2.24, 2.45) is 0 Å². The van der Waals surface area contributed by atoms with E-state index in [1.165, 1.54) is 0 Å². The molecule has 0 unspecified atom stereocenters. The number of rotatable bonds is 5. The van der Waals surface area contributed by atoms with Crippen LogP contribution in [0.1, 0.15) is 13.2 Å². The number of aliphatic hydroxyl groups excluding tert-OH is 2. The Morgan fingerprint density at radius 2 is 2.14 bits per heavy atom. The fourth-order valence-electron chi connectivity index (χ4n) is 2.04. The first-order valence-electron chi connectivity index (χ1n) is 7.11. The molecule has 4 atom stereocenters. The maximum atomic E-state index is 11.8. The summed E-state index contributed by atoms with van der Waals surface area (Å²) in [4.78, 5) is 19.0. The summed E-state index contributed by atoms with van der Waals surface area (Å²) in [7, 11) is -1.80. The molecule has 0 aliphatic carbocycles. The molecule has 2 heterocycles. The molecule has 1 saturated heterocycles. The third-order valence-electron chi connectivity index (χ3n) is 3.85. The number of ether oxygens (including phenoxy) is 1. The molecule has 1 aliphatic rings. The van der Waals surface area contributed by atoms with Crippen molar-refractivity contribution in [2.45, 2.75) is 50.6 Å². The summed E-state index contributed by atoms with van der Waals surface area (Å²) >= 11 is 0. The predicted octanol–water partition coefficient (Wildman–Crippen LogP) is -0.919. The van der Waals surface area contributed by atoms with E-state index in [-0.39, 0.29) is 12.6 Å². The highest BCUT2D eigenvalue weighted by atomic mass is 28.4. The van der Waals surface area contributed by atoms with Crippen LogP contribution in [0.25, 0.3) is 0 Å². The summed E-state index contributed by atoms with van der Waals surface area (Å²) in [6.45, 7) is 6.31. The Morgan fingerprint density at radius 3 is 2.73 bits per heavy atom. The van der Waals surface area contributed by atoms with Crippen molar-refractivity contribution in [1.29, 1.82) is 0 Å². The molecule has 1 aromatic rings. The zero-order chi connectivity index (χ0) is 16.5. The molecule has 9 nitrogen and oxygen atoms in total. The number of hydrogen-bond acceptors (Lipinski definition) is 8. The summed E-state index contributed by atoms with van der Waals surface area (Å²) < 4.78 is 12.4. The summed E-state index contributed by atoms with van der Waals surface area (Å²) in [5, 5.41) is 20.2. The predicted molar refractivity (Wildman–Crippen MR) is 80.5 cm³/mol. The van der Waals surface area contributed by atoms with Gasteiger partial charge in [0.05, 0.1) is 6.61 Å². The lowest BCUT2D eigenvalue weighted by molar-refractivity contribution is -0.0531. The molecule has 0 spiro atoms. The van der Waals surface area contributed by atoms with Gasteiger partial charge in [0, 0.05) is 0 Å². The molecule has 0 amide bonds. The molecule has 1 fully saturated rings. The van der Waals surface area contributed by atoms with Crippen LogP contribution in [0.2, 0.25) is 19.1 Å². The molecule has 1 aromatic heterocycles. The zero-order valence-electron chi connectivity index (χ0n) is 12.8. The van der Waals surface area contributed by atoms with Crippen molar-refractivity contribution in [3.63, 3.8) is 0 Å². The minimum Gasteiger partial charge on any atom is -0.415 e. The normalized spacial score (nSPS) is 29.0. The van der Waals surface area contributed by atoms with Gasteiger partial charge in [0.15, 0.2) is 14.5 Å². The van der Waals surface area contributed by atoms with Crippen LogP contribution in [-0.4, -0.2) is 58.0 Å². The Labute approximate surface area is 128 Å². The van der Waals surface area contributed by atoms with Crippen molar-refractivity contribution < 1.29 is 19.4 Å². The van der Waals surface area contributed by atoms with Gasteiger partial charge in [0.2, 0.25) is 5.95 Å². The second-order valence-corrected chi connectivity index (χ2v) is 10.4. The van der Waals surface area contributed by atoms with Crippen molar-refractivity contribution in [3.8, 4) is 0 Å². The minimum absolute atomic E-state index is 0.159.